The second-order valence-electron chi connectivity index (χ2n) is 5.51. The Bertz CT molecular complexity index is 651. The Kier molecular flexibility index (Phi) is 3.91. The van der Waals surface area contributed by atoms with Crippen LogP contribution in [-0.2, 0) is 11.2 Å². The molecule has 0 aliphatic heterocycles. The molecule has 108 valence electrons. The van der Waals surface area contributed by atoms with Gasteiger partial charge in [0.2, 0.25) is 0 Å². The van der Waals surface area contributed by atoms with Gasteiger partial charge in [0.1, 0.15) is 0 Å². The van der Waals surface area contributed by atoms with Gasteiger partial charge in [0, 0.05) is 11.6 Å². The Morgan fingerprint density at radius 2 is 2.05 bits per heavy atom. The zero-order valence-electron chi connectivity index (χ0n) is 11.9. The van der Waals surface area contributed by atoms with E-state index in [1.54, 1.807) is 24.3 Å². The molecule has 0 heterocycles. The maximum Gasteiger partial charge on any atom is 0.338 e. The molecular weight excluding hydrogens is 262 g/mol. The lowest BCUT2D eigenvalue weighted by molar-refractivity contribution is 0.0472. The molecule has 3 heteroatoms. The molecule has 3 nitrogen and oxygen atoms in total. The minimum Gasteiger partial charge on any atom is -0.461 e. The zero-order chi connectivity index (χ0) is 14.7. The van der Waals surface area contributed by atoms with Crippen molar-refractivity contribution in [3.63, 3.8) is 0 Å². The molecule has 0 amide bonds. The van der Waals surface area contributed by atoms with Crippen LogP contribution in [-0.4, -0.2) is 12.6 Å². The zero-order valence-corrected chi connectivity index (χ0v) is 11.9. The summed E-state index contributed by atoms with van der Waals surface area (Å²) in [5, 5.41) is 0. The van der Waals surface area contributed by atoms with Crippen LogP contribution in [0.3, 0.4) is 0 Å². The van der Waals surface area contributed by atoms with Crippen molar-refractivity contribution in [2.24, 2.45) is 0 Å². The van der Waals surface area contributed by atoms with Crippen molar-refractivity contribution in [1.82, 2.24) is 0 Å². The van der Waals surface area contributed by atoms with Gasteiger partial charge in [0.05, 0.1) is 12.2 Å². The van der Waals surface area contributed by atoms with Crippen LogP contribution in [0.25, 0.3) is 0 Å². The fourth-order valence-corrected chi connectivity index (χ4v) is 2.95. The van der Waals surface area contributed by atoms with E-state index in [-0.39, 0.29) is 5.97 Å². The lowest BCUT2D eigenvalue weighted by atomic mass is 9.83. The number of benzene rings is 2. The Morgan fingerprint density at radius 3 is 2.90 bits per heavy atom. The summed E-state index contributed by atoms with van der Waals surface area (Å²) >= 11 is 0. The van der Waals surface area contributed by atoms with E-state index >= 15 is 0 Å². The standard InChI is InChI=1S/C18H19NO2/c19-16-9-4-7-14(11-16)18(20)21-12-15-8-3-6-13-5-1-2-10-17(13)15/h1-2,4-5,7,9-11,15H,3,6,8,12,19H2. The molecule has 2 aromatic rings. The van der Waals surface area contributed by atoms with Crippen LogP contribution < -0.4 is 5.73 Å². The Balaban J connectivity index is 1.67. The summed E-state index contributed by atoms with van der Waals surface area (Å²) in [6, 6.07) is 15.3. The maximum atomic E-state index is 12.1. The largest absolute Gasteiger partial charge is 0.461 e. The number of hydrogen-bond acceptors (Lipinski definition) is 3. The number of aryl methyl sites for hydroxylation is 1. The van der Waals surface area contributed by atoms with Crippen molar-refractivity contribution < 1.29 is 9.53 Å². The van der Waals surface area contributed by atoms with E-state index in [2.05, 4.69) is 24.3 Å². The number of ether oxygens (including phenoxy) is 1. The number of anilines is 1. The van der Waals surface area contributed by atoms with E-state index in [1.807, 2.05) is 0 Å². The molecule has 0 saturated heterocycles. The van der Waals surface area contributed by atoms with Gasteiger partial charge < -0.3 is 10.5 Å². The van der Waals surface area contributed by atoms with E-state index in [1.165, 1.54) is 11.1 Å². The van der Waals surface area contributed by atoms with Gasteiger partial charge in [-0.1, -0.05) is 30.3 Å². The summed E-state index contributed by atoms with van der Waals surface area (Å²) in [5.74, 6) is 0.00492. The third kappa shape index (κ3) is 3.07. The van der Waals surface area contributed by atoms with Gasteiger partial charge in [-0.15, -0.1) is 0 Å². The summed E-state index contributed by atoms with van der Waals surface area (Å²) < 4.78 is 5.48. The SMILES string of the molecule is Nc1cccc(C(=O)OCC2CCCc3ccccc32)c1. The van der Waals surface area contributed by atoms with E-state index in [0.29, 0.717) is 23.8 Å². The maximum absolute atomic E-state index is 12.1. The van der Waals surface area contributed by atoms with Crippen LogP contribution in [0, 0.1) is 0 Å². The molecule has 0 saturated carbocycles. The topological polar surface area (TPSA) is 52.3 Å². The molecule has 2 aromatic carbocycles. The monoisotopic (exact) mass is 281 g/mol. The molecule has 1 aliphatic carbocycles. The van der Waals surface area contributed by atoms with Gasteiger partial charge in [-0.05, 0) is 48.6 Å². The van der Waals surface area contributed by atoms with Crippen LogP contribution in [0.15, 0.2) is 48.5 Å². The van der Waals surface area contributed by atoms with Gasteiger partial charge in [0.25, 0.3) is 0 Å². The predicted octanol–water partition coefficient (Wildman–Crippen LogP) is 3.55. The highest BCUT2D eigenvalue weighted by molar-refractivity contribution is 5.90. The molecule has 1 atom stereocenters. The first-order valence-corrected chi connectivity index (χ1v) is 7.34. The number of rotatable bonds is 3. The van der Waals surface area contributed by atoms with Crippen molar-refractivity contribution in [2.45, 2.75) is 25.2 Å². The molecule has 21 heavy (non-hydrogen) atoms. The molecule has 1 unspecified atom stereocenters. The third-order valence-corrected chi connectivity index (χ3v) is 4.03. The summed E-state index contributed by atoms with van der Waals surface area (Å²) in [4.78, 5) is 12.1. The van der Waals surface area contributed by atoms with Gasteiger partial charge in [-0.3, -0.25) is 0 Å². The average molecular weight is 281 g/mol. The van der Waals surface area contributed by atoms with Gasteiger partial charge in [0.15, 0.2) is 0 Å². The van der Waals surface area contributed by atoms with Crippen LogP contribution in [0.2, 0.25) is 0 Å². The molecule has 3 rings (SSSR count). The number of fused-ring (bicyclic) bond motifs is 1. The van der Waals surface area contributed by atoms with E-state index in [9.17, 15) is 4.79 Å². The summed E-state index contributed by atoms with van der Waals surface area (Å²) in [6.45, 7) is 0.435. The number of nitrogen functional groups attached to an aromatic ring is 1. The minimum absolute atomic E-state index is 0.301. The molecule has 1 aliphatic rings. The first-order chi connectivity index (χ1) is 10.2. The predicted molar refractivity (Wildman–Crippen MR) is 83.3 cm³/mol. The number of esters is 1. The molecule has 0 fully saturated rings. The summed E-state index contributed by atoms with van der Waals surface area (Å²) in [7, 11) is 0. The number of carbonyl (C=O) groups is 1. The molecular formula is C18H19NO2. The quantitative estimate of drug-likeness (QED) is 0.691. The van der Waals surface area contributed by atoms with Crippen LogP contribution >= 0.6 is 0 Å². The fourth-order valence-electron chi connectivity index (χ4n) is 2.95. The summed E-state index contributed by atoms with van der Waals surface area (Å²) in [5.41, 5.74) is 9.49. The molecule has 2 N–H and O–H groups in total. The number of nitrogens with two attached hydrogens (primary N) is 1. The molecule has 0 radical (unpaired) electrons. The smallest absolute Gasteiger partial charge is 0.338 e. The fraction of sp³-hybridized carbons (Fsp3) is 0.278. The lowest BCUT2D eigenvalue weighted by Crippen LogP contribution is -2.17. The van der Waals surface area contributed by atoms with E-state index in [4.69, 9.17) is 10.5 Å². The normalized spacial score (nSPS) is 17.0. The summed E-state index contributed by atoms with van der Waals surface area (Å²) in [6.07, 6.45) is 3.34. The second-order valence-corrected chi connectivity index (χ2v) is 5.51. The molecule has 0 bridgehead atoms. The Labute approximate surface area is 124 Å². The van der Waals surface area contributed by atoms with E-state index < -0.39 is 0 Å². The van der Waals surface area contributed by atoms with Gasteiger partial charge >= 0.3 is 5.97 Å². The Hall–Kier alpha value is -2.29. The van der Waals surface area contributed by atoms with Gasteiger partial charge in [-0.2, -0.15) is 0 Å². The van der Waals surface area contributed by atoms with Crippen molar-refractivity contribution in [1.29, 1.82) is 0 Å². The van der Waals surface area contributed by atoms with Gasteiger partial charge in [-0.25, -0.2) is 4.79 Å². The molecule has 0 aromatic heterocycles. The van der Waals surface area contributed by atoms with Crippen molar-refractivity contribution >= 4 is 11.7 Å². The van der Waals surface area contributed by atoms with Crippen LogP contribution in [0.5, 0.6) is 0 Å². The first-order valence-electron chi connectivity index (χ1n) is 7.34. The minimum atomic E-state index is -0.301. The molecule has 0 spiro atoms. The highest BCUT2D eigenvalue weighted by Crippen LogP contribution is 2.31. The lowest BCUT2D eigenvalue weighted by Gasteiger charge is -2.25. The third-order valence-electron chi connectivity index (χ3n) is 4.03. The number of carbonyl (C=O) groups excluding carboxylic acids is 1. The number of hydrogen-bond donors (Lipinski definition) is 1. The second kappa shape index (κ2) is 6.00. The van der Waals surface area contributed by atoms with E-state index in [0.717, 1.165) is 19.3 Å². The van der Waals surface area contributed by atoms with Crippen molar-refractivity contribution in [2.75, 3.05) is 12.3 Å². The van der Waals surface area contributed by atoms with Crippen LogP contribution in [0.4, 0.5) is 5.69 Å². The highest BCUT2D eigenvalue weighted by atomic mass is 16.5. The average Bonchev–Trinajstić information content (AvgIpc) is 2.52. The Morgan fingerprint density at radius 1 is 1.19 bits per heavy atom. The van der Waals surface area contributed by atoms with Crippen molar-refractivity contribution in [3.8, 4) is 0 Å². The van der Waals surface area contributed by atoms with Crippen molar-refractivity contribution in [3.05, 3.63) is 65.2 Å². The highest BCUT2D eigenvalue weighted by Gasteiger charge is 2.21. The van der Waals surface area contributed by atoms with Crippen LogP contribution in [0.1, 0.15) is 40.2 Å². The first kappa shape index (κ1) is 13.7.